The lowest BCUT2D eigenvalue weighted by molar-refractivity contribution is 0.0224. The zero-order valence-corrected chi connectivity index (χ0v) is 12.0. The van der Waals surface area contributed by atoms with Gasteiger partial charge in [0.15, 0.2) is 0 Å². The van der Waals surface area contributed by atoms with Crippen molar-refractivity contribution in [1.82, 2.24) is 4.90 Å². The van der Waals surface area contributed by atoms with Gasteiger partial charge in [-0.1, -0.05) is 12.1 Å². The average molecular weight is 274 g/mol. The Labute approximate surface area is 118 Å². The van der Waals surface area contributed by atoms with E-state index in [-0.39, 0.29) is 6.09 Å². The van der Waals surface area contributed by atoms with Gasteiger partial charge in [-0.05, 0) is 38.8 Å². The van der Waals surface area contributed by atoms with Crippen LogP contribution in [0.4, 0.5) is 10.5 Å². The monoisotopic (exact) mass is 274 g/mol. The molecule has 0 radical (unpaired) electrons. The van der Waals surface area contributed by atoms with Crippen LogP contribution in [0.5, 0.6) is 0 Å². The smallest absolute Gasteiger partial charge is 0.410 e. The van der Waals surface area contributed by atoms with Gasteiger partial charge in [-0.2, -0.15) is 4.99 Å². The van der Waals surface area contributed by atoms with E-state index in [1.54, 1.807) is 17.0 Å². The molecule has 0 atom stereocenters. The predicted molar refractivity (Wildman–Crippen MR) is 74.6 cm³/mol. The van der Waals surface area contributed by atoms with Crippen molar-refractivity contribution in [3.8, 4) is 0 Å². The number of hydrogen-bond acceptors (Lipinski definition) is 4. The Morgan fingerprint density at radius 1 is 1.40 bits per heavy atom. The van der Waals surface area contributed by atoms with Gasteiger partial charge in [-0.25, -0.2) is 9.59 Å². The van der Waals surface area contributed by atoms with Crippen LogP contribution in [0.25, 0.3) is 0 Å². The summed E-state index contributed by atoms with van der Waals surface area (Å²) in [4.78, 5) is 27.9. The lowest BCUT2D eigenvalue weighted by Crippen LogP contribution is -2.39. The Morgan fingerprint density at radius 3 is 2.80 bits per heavy atom. The lowest BCUT2D eigenvalue weighted by Gasteiger charge is -2.31. The van der Waals surface area contributed by atoms with Gasteiger partial charge in [0.1, 0.15) is 5.60 Å². The molecule has 0 saturated heterocycles. The first-order chi connectivity index (χ1) is 9.40. The second-order valence-electron chi connectivity index (χ2n) is 5.77. The summed E-state index contributed by atoms with van der Waals surface area (Å²) in [6, 6.07) is 5.60. The molecule has 0 unspecified atom stereocenters. The summed E-state index contributed by atoms with van der Waals surface area (Å²) >= 11 is 0. The zero-order chi connectivity index (χ0) is 14.8. The quantitative estimate of drug-likeness (QED) is 0.584. The minimum Gasteiger partial charge on any atom is -0.444 e. The molecule has 1 amide bonds. The number of benzene rings is 1. The number of carbonyl (C=O) groups is 1. The van der Waals surface area contributed by atoms with E-state index in [4.69, 9.17) is 4.74 Å². The number of amides is 1. The fourth-order valence-electron chi connectivity index (χ4n) is 2.20. The zero-order valence-electron chi connectivity index (χ0n) is 12.0. The van der Waals surface area contributed by atoms with Gasteiger partial charge in [0.2, 0.25) is 6.08 Å². The molecule has 2 rings (SSSR count). The first-order valence-electron chi connectivity index (χ1n) is 6.57. The molecule has 0 fully saturated rings. The number of isocyanates is 1. The topological polar surface area (TPSA) is 59.0 Å². The van der Waals surface area contributed by atoms with Crippen LogP contribution in [0, 0.1) is 0 Å². The summed E-state index contributed by atoms with van der Waals surface area (Å²) < 4.78 is 5.37. The predicted octanol–water partition coefficient (Wildman–Crippen LogP) is 2.95. The molecule has 1 aliphatic rings. The number of fused-ring (bicyclic) bond motifs is 1. The number of aliphatic imine (C=N–C) groups is 1. The highest BCUT2D eigenvalue weighted by molar-refractivity contribution is 5.69. The molecular weight excluding hydrogens is 256 g/mol. The Morgan fingerprint density at radius 2 is 2.15 bits per heavy atom. The van der Waals surface area contributed by atoms with E-state index in [1.165, 1.54) is 0 Å². The van der Waals surface area contributed by atoms with Crippen LogP contribution in [0.2, 0.25) is 0 Å². The highest BCUT2D eigenvalue weighted by Crippen LogP contribution is 2.28. The van der Waals surface area contributed by atoms with Crippen molar-refractivity contribution in [3.05, 3.63) is 29.3 Å². The lowest BCUT2D eigenvalue weighted by atomic mass is 9.98. The summed E-state index contributed by atoms with van der Waals surface area (Å²) in [6.07, 6.45) is 1.95. The number of carbonyl (C=O) groups excluding carboxylic acids is 2. The van der Waals surface area contributed by atoms with Crippen molar-refractivity contribution in [3.63, 3.8) is 0 Å². The molecule has 1 aliphatic heterocycles. The molecule has 0 bridgehead atoms. The number of nitrogens with zero attached hydrogens (tertiary/aromatic N) is 2. The molecule has 1 aromatic carbocycles. The molecule has 0 saturated carbocycles. The Kier molecular flexibility index (Phi) is 3.91. The van der Waals surface area contributed by atoms with E-state index in [2.05, 4.69) is 4.99 Å². The summed E-state index contributed by atoms with van der Waals surface area (Å²) in [5.74, 6) is 0. The summed E-state index contributed by atoms with van der Waals surface area (Å²) in [7, 11) is 0. The van der Waals surface area contributed by atoms with E-state index in [0.29, 0.717) is 18.8 Å². The van der Waals surface area contributed by atoms with Crippen molar-refractivity contribution in [2.75, 3.05) is 6.54 Å². The second-order valence-corrected chi connectivity index (χ2v) is 5.77. The maximum atomic E-state index is 12.1. The summed E-state index contributed by atoms with van der Waals surface area (Å²) in [5.41, 5.74) is 2.07. The van der Waals surface area contributed by atoms with Gasteiger partial charge < -0.3 is 9.64 Å². The third-order valence-corrected chi connectivity index (χ3v) is 3.07. The van der Waals surface area contributed by atoms with Gasteiger partial charge in [0, 0.05) is 12.1 Å². The minimum atomic E-state index is -0.516. The second kappa shape index (κ2) is 5.47. The number of hydrogen-bond donors (Lipinski definition) is 0. The molecule has 1 heterocycles. The van der Waals surface area contributed by atoms with Crippen molar-refractivity contribution < 1.29 is 14.3 Å². The fraction of sp³-hybridized carbons (Fsp3) is 0.467. The van der Waals surface area contributed by atoms with E-state index in [9.17, 15) is 9.59 Å². The minimum absolute atomic E-state index is 0.340. The van der Waals surface area contributed by atoms with E-state index in [0.717, 1.165) is 17.5 Å². The van der Waals surface area contributed by atoms with Crippen LogP contribution >= 0.6 is 0 Å². The number of rotatable bonds is 1. The fourth-order valence-corrected chi connectivity index (χ4v) is 2.20. The molecule has 0 spiro atoms. The van der Waals surface area contributed by atoms with E-state index >= 15 is 0 Å². The molecular formula is C15H18N2O3. The van der Waals surface area contributed by atoms with Gasteiger partial charge >= 0.3 is 6.09 Å². The molecule has 1 aromatic rings. The van der Waals surface area contributed by atoms with Gasteiger partial charge in [0.25, 0.3) is 0 Å². The molecule has 0 aliphatic carbocycles. The van der Waals surface area contributed by atoms with E-state index < -0.39 is 5.60 Å². The summed E-state index contributed by atoms with van der Waals surface area (Å²) in [6.45, 7) is 6.53. The largest absolute Gasteiger partial charge is 0.444 e. The third-order valence-electron chi connectivity index (χ3n) is 3.07. The highest BCUT2D eigenvalue weighted by atomic mass is 16.6. The van der Waals surface area contributed by atoms with Crippen molar-refractivity contribution >= 4 is 17.9 Å². The first-order valence-corrected chi connectivity index (χ1v) is 6.57. The Hall–Kier alpha value is -2.13. The molecule has 5 heteroatoms. The van der Waals surface area contributed by atoms with Gasteiger partial charge in [-0.15, -0.1) is 0 Å². The highest BCUT2D eigenvalue weighted by Gasteiger charge is 2.26. The third kappa shape index (κ3) is 3.25. The van der Waals surface area contributed by atoms with Crippen molar-refractivity contribution in [2.45, 2.75) is 39.3 Å². The maximum absolute atomic E-state index is 12.1. The van der Waals surface area contributed by atoms with Crippen LogP contribution in [-0.2, 0) is 22.5 Å². The average Bonchev–Trinajstić information content (AvgIpc) is 2.37. The van der Waals surface area contributed by atoms with Crippen LogP contribution < -0.4 is 0 Å². The van der Waals surface area contributed by atoms with Gasteiger partial charge in [0.05, 0.1) is 12.2 Å². The maximum Gasteiger partial charge on any atom is 0.410 e. The molecule has 5 nitrogen and oxygen atoms in total. The molecule has 20 heavy (non-hydrogen) atoms. The van der Waals surface area contributed by atoms with Crippen molar-refractivity contribution in [1.29, 1.82) is 0 Å². The standard InChI is InChI=1S/C15H18N2O3/c1-15(2,3)20-14(19)17-8-7-11-5-4-6-13(16-10-18)12(11)9-17/h4-6H,7-9H2,1-3H3. The first kappa shape index (κ1) is 14.3. The van der Waals surface area contributed by atoms with E-state index in [1.807, 2.05) is 32.9 Å². The van der Waals surface area contributed by atoms with Crippen LogP contribution in [0.1, 0.15) is 31.9 Å². The SMILES string of the molecule is CC(C)(C)OC(=O)N1CCc2cccc(N=C=O)c2C1. The normalized spacial score (nSPS) is 14.2. The van der Waals surface area contributed by atoms with Crippen molar-refractivity contribution in [2.24, 2.45) is 4.99 Å². The summed E-state index contributed by atoms with van der Waals surface area (Å²) in [5, 5.41) is 0. The molecule has 0 N–H and O–H groups in total. The molecule has 106 valence electrons. The molecule has 0 aromatic heterocycles. The Balaban J connectivity index is 2.22. The Bertz CT molecular complexity index is 569. The van der Waals surface area contributed by atoms with Gasteiger partial charge in [-0.3, -0.25) is 0 Å². The van der Waals surface area contributed by atoms with Crippen LogP contribution in [0.15, 0.2) is 23.2 Å². The van der Waals surface area contributed by atoms with Crippen LogP contribution in [0.3, 0.4) is 0 Å². The number of ether oxygens (including phenoxy) is 1. The van der Waals surface area contributed by atoms with Crippen LogP contribution in [-0.4, -0.2) is 29.2 Å².